The van der Waals surface area contributed by atoms with Crippen molar-refractivity contribution < 1.29 is 9.53 Å². The van der Waals surface area contributed by atoms with Gasteiger partial charge in [-0.25, -0.2) is 0 Å². The van der Waals surface area contributed by atoms with Crippen molar-refractivity contribution in [1.82, 2.24) is 4.90 Å². The Morgan fingerprint density at radius 1 is 0.903 bits per heavy atom. The minimum absolute atomic E-state index is 0.0416. The molecule has 3 aromatic carbocycles. The lowest BCUT2D eigenvalue weighted by atomic mass is 9.95. The summed E-state index contributed by atoms with van der Waals surface area (Å²) in [6.07, 6.45) is 0.458. The molecule has 1 fully saturated rings. The molecule has 1 aliphatic heterocycles. The Balaban J connectivity index is 1.52. The quantitative estimate of drug-likeness (QED) is 0.414. The summed E-state index contributed by atoms with van der Waals surface area (Å²) in [5.41, 5.74) is 3.16. The second-order valence-corrected chi connectivity index (χ2v) is 8.70. The van der Waals surface area contributed by atoms with E-state index in [2.05, 4.69) is 62.1 Å². The van der Waals surface area contributed by atoms with Crippen LogP contribution < -0.4 is 9.64 Å². The largest absolute Gasteiger partial charge is 0.497 e. The minimum atomic E-state index is 0.0416. The topological polar surface area (TPSA) is 32.8 Å². The van der Waals surface area contributed by atoms with Crippen molar-refractivity contribution in [2.24, 2.45) is 0 Å². The van der Waals surface area contributed by atoms with Crippen LogP contribution in [0.2, 0.25) is 0 Å². The summed E-state index contributed by atoms with van der Waals surface area (Å²) in [4.78, 5) is 18.0. The Hall–Kier alpha value is -2.63. The number of para-hydroxylation sites is 1. The lowest BCUT2D eigenvalue weighted by Crippen LogP contribution is -2.48. The van der Waals surface area contributed by atoms with Crippen molar-refractivity contribution in [3.05, 3.63) is 94.5 Å². The number of piperazine rings is 1. The molecular weight excluding hydrogens is 452 g/mol. The summed E-state index contributed by atoms with van der Waals surface area (Å²) in [7, 11) is 1.67. The van der Waals surface area contributed by atoms with Crippen LogP contribution in [-0.2, 0) is 0 Å². The van der Waals surface area contributed by atoms with Crippen LogP contribution in [-0.4, -0.2) is 44.0 Å². The summed E-state index contributed by atoms with van der Waals surface area (Å²) in [6.45, 7) is 3.73. The summed E-state index contributed by atoms with van der Waals surface area (Å²) in [6, 6.07) is 26.3. The van der Waals surface area contributed by atoms with Crippen molar-refractivity contribution in [3.63, 3.8) is 0 Å². The highest BCUT2D eigenvalue weighted by Gasteiger charge is 2.27. The van der Waals surface area contributed by atoms with Gasteiger partial charge in [0.25, 0.3) is 0 Å². The van der Waals surface area contributed by atoms with E-state index in [1.54, 1.807) is 7.11 Å². The van der Waals surface area contributed by atoms with Gasteiger partial charge in [-0.05, 0) is 42.0 Å². The van der Waals surface area contributed by atoms with E-state index in [9.17, 15) is 4.79 Å². The molecule has 0 aliphatic carbocycles. The highest BCUT2D eigenvalue weighted by atomic mass is 79.9. The van der Waals surface area contributed by atoms with Gasteiger partial charge in [-0.2, -0.15) is 0 Å². The third kappa shape index (κ3) is 5.35. The molecule has 31 heavy (non-hydrogen) atoms. The van der Waals surface area contributed by atoms with Gasteiger partial charge < -0.3 is 9.64 Å². The van der Waals surface area contributed by atoms with E-state index in [-0.39, 0.29) is 11.8 Å². The molecule has 4 nitrogen and oxygen atoms in total. The Kier molecular flexibility index (Phi) is 7.05. The van der Waals surface area contributed by atoms with Gasteiger partial charge in [0, 0.05) is 54.4 Å². The number of nitrogens with zero attached hydrogens (tertiary/aromatic N) is 2. The third-order valence-electron chi connectivity index (χ3n) is 5.92. The molecule has 0 amide bonds. The maximum atomic E-state index is 13.1. The molecule has 4 rings (SSSR count). The first-order chi connectivity index (χ1) is 15.1. The number of hydrogen-bond donors (Lipinski definition) is 0. The first kappa shape index (κ1) is 21.6. The van der Waals surface area contributed by atoms with Gasteiger partial charge in [-0.15, -0.1) is 0 Å². The zero-order valence-electron chi connectivity index (χ0n) is 17.7. The molecule has 0 bridgehead atoms. The minimum Gasteiger partial charge on any atom is -0.497 e. The molecule has 5 heteroatoms. The summed E-state index contributed by atoms with van der Waals surface area (Å²) in [5.74, 6) is 0.995. The first-order valence-corrected chi connectivity index (χ1v) is 11.4. The number of benzene rings is 3. The molecular formula is C26H27BrN2O2. The zero-order valence-corrected chi connectivity index (χ0v) is 19.3. The smallest absolute Gasteiger partial charge is 0.164 e. The number of methoxy groups -OCH3 is 1. The maximum Gasteiger partial charge on any atom is 0.164 e. The molecule has 3 aromatic rings. The molecule has 160 valence electrons. The number of halogens is 1. The van der Waals surface area contributed by atoms with E-state index in [1.807, 2.05) is 42.5 Å². The lowest BCUT2D eigenvalue weighted by Gasteiger charge is -2.40. The molecule has 1 aliphatic rings. The van der Waals surface area contributed by atoms with Crippen LogP contribution >= 0.6 is 15.9 Å². The van der Waals surface area contributed by atoms with Crippen molar-refractivity contribution in [2.75, 3.05) is 38.2 Å². The predicted octanol–water partition coefficient (Wildman–Crippen LogP) is 5.59. The highest BCUT2D eigenvalue weighted by molar-refractivity contribution is 9.10. The Morgan fingerprint density at radius 3 is 2.16 bits per heavy atom. The summed E-state index contributed by atoms with van der Waals surface area (Å²) in [5, 5.41) is 0. The zero-order chi connectivity index (χ0) is 21.6. The summed E-state index contributed by atoms with van der Waals surface area (Å²) < 4.78 is 6.31. The van der Waals surface area contributed by atoms with Crippen LogP contribution in [0.5, 0.6) is 5.75 Å². The van der Waals surface area contributed by atoms with E-state index in [0.29, 0.717) is 6.42 Å². The van der Waals surface area contributed by atoms with E-state index < -0.39 is 0 Å². The van der Waals surface area contributed by atoms with E-state index in [1.165, 1.54) is 5.69 Å². The monoisotopic (exact) mass is 478 g/mol. The van der Waals surface area contributed by atoms with Crippen LogP contribution in [0.4, 0.5) is 5.69 Å². The number of anilines is 1. The van der Waals surface area contributed by atoms with Crippen molar-refractivity contribution >= 4 is 27.4 Å². The average molecular weight is 479 g/mol. The third-order valence-corrected chi connectivity index (χ3v) is 6.45. The highest BCUT2D eigenvalue weighted by Crippen LogP contribution is 2.30. The van der Waals surface area contributed by atoms with Gasteiger partial charge in [0.1, 0.15) is 5.75 Å². The first-order valence-electron chi connectivity index (χ1n) is 10.6. The second kappa shape index (κ2) is 10.1. The molecule has 0 radical (unpaired) electrons. The molecule has 0 spiro atoms. The second-order valence-electron chi connectivity index (χ2n) is 7.78. The molecule has 1 atom stereocenters. The summed E-state index contributed by atoms with van der Waals surface area (Å²) >= 11 is 3.45. The van der Waals surface area contributed by atoms with Crippen LogP contribution in [0.1, 0.15) is 28.4 Å². The Morgan fingerprint density at radius 2 is 1.55 bits per heavy atom. The van der Waals surface area contributed by atoms with Crippen LogP contribution in [0.15, 0.2) is 83.3 Å². The van der Waals surface area contributed by atoms with Crippen LogP contribution in [0.3, 0.4) is 0 Å². The van der Waals surface area contributed by atoms with Gasteiger partial charge in [-0.3, -0.25) is 9.69 Å². The van der Waals surface area contributed by atoms with Gasteiger partial charge >= 0.3 is 0 Å². The molecule has 1 saturated heterocycles. The van der Waals surface area contributed by atoms with E-state index in [0.717, 1.165) is 47.5 Å². The van der Waals surface area contributed by atoms with Crippen molar-refractivity contribution in [1.29, 1.82) is 0 Å². The molecule has 1 unspecified atom stereocenters. The number of ketones is 1. The van der Waals surface area contributed by atoms with Crippen molar-refractivity contribution in [3.8, 4) is 5.75 Å². The molecule has 1 heterocycles. The average Bonchev–Trinajstić information content (AvgIpc) is 2.84. The van der Waals surface area contributed by atoms with Crippen LogP contribution in [0, 0.1) is 0 Å². The molecule has 0 aromatic heterocycles. The number of hydrogen-bond acceptors (Lipinski definition) is 4. The van der Waals surface area contributed by atoms with Gasteiger partial charge in [0.05, 0.1) is 7.11 Å². The molecule has 0 saturated carbocycles. The fourth-order valence-electron chi connectivity index (χ4n) is 4.14. The normalized spacial score (nSPS) is 15.5. The number of carbonyl (C=O) groups excluding carboxylic acids is 1. The predicted molar refractivity (Wildman–Crippen MR) is 129 cm³/mol. The number of rotatable bonds is 7. The fourth-order valence-corrected chi connectivity index (χ4v) is 4.41. The van der Waals surface area contributed by atoms with Crippen LogP contribution in [0.25, 0.3) is 0 Å². The lowest BCUT2D eigenvalue weighted by molar-refractivity contribution is 0.0910. The standard InChI is InChI=1S/C26H27BrN2O2/c1-31-24-13-9-20(10-14-24)25(19-26(30)21-7-11-22(27)12-8-21)29-17-15-28(16-18-29)23-5-3-2-4-6-23/h2-14,25H,15-19H2,1H3. The van der Waals surface area contributed by atoms with E-state index >= 15 is 0 Å². The number of ether oxygens (including phenoxy) is 1. The number of carbonyl (C=O) groups is 1. The van der Waals surface area contributed by atoms with Gasteiger partial charge in [0.2, 0.25) is 0 Å². The van der Waals surface area contributed by atoms with E-state index in [4.69, 9.17) is 4.74 Å². The van der Waals surface area contributed by atoms with Crippen molar-refractivity contribution in [2.45, 2.75) is 12.5 Å². The number of Topliss-reactive ketones (excluding diaryl/α,β-unsaturated/α-hetero) is 1. The SMILES string of the molecule is COc1ccc(C(CC(=O)c2ccc(Br)cc2)N2CCN(c3ccccc3)CC2)cc1. The van der Waals surface area contributed by atoms with Gasteiger partial charge in [-0.1, -0.05) is 58.4 Å². The molecule has 0 N–H and O–H groups in total. The Bertz CT molecular complexity index is 982. The fraction of sp³-hybridized carbons (Fsp3) is 0.269. The van der Waals surface area contributed by atoms with Gasteiger partial charge in [0.15, 0.2) is 5.78 Å². The maximum absolute atomic E-state index is 13.1. The Labute approximate surface area is 192 Å².